The van der Waals surface area contributed by atoms with Gasteiger partial charge in [0.15, 0.2) is 0 Å². The van der Waals surface area contributed by atoms with E-state index >= 15 is 0 Å². The van der Waals surface area contributed by atoms with E-state index in [2.05, 4.69) is 193 Å². The lowest BCUT2D eigenvalue weighted by molar-refractivity contribution is 0.386. The van der Waals surface area contributed by atoms with Gasteiger partial charge in [-0.15, -0.1) is 11.3 Å². The number of fused-ring (bicyclic) bond motifs is 15. The van der Waals surface area contributed by atoms with Crippen molar-refractivity contribution in [2.75, 3.05) is 0 Å². The number of aromatic nitrogens is 1. The zero-order chi connectivity index (χ0) is 38.0. The maximum atomic E-state index is 6.67. The first-order chi connectivity index (χ1) is 28.8. The van der Waals surface area contributed by atoms with Crippen LogP contribution in [0.25, 0.3) is 71.2 Å². The van der Waals surface area contributed by atoms with Gasteiger partial charge < -0.3 is 9.30 Å². The minimum absolute atomic E-state index is 0.146. The van der Waals surface area contributed by atoms with Crippen molar-refractivity contribution in [2.45, 2.75) is 24.2 Å². The third-order valence-electron chi connectivity index (χ3n) is 13.3. The van der Waals surface area contributed by atoms with Crippen molar-refractivity contribution in [2.24, 2.45) is 5.92 Å². The number of nitrogens with zero attached hydrogens (tertiary/aromatic N) is 1. The molecule has 0 amide bonds. The van der Waals surface area contributed by atoms with Gasteiger partial charge in [0.2, 0.25) is 0 Å². The van der Waals surface area contributed by atoms with Crippen LogP contribution < -0.4 is 15.3 Å². The summed E-state index contributed by atoms with van der Waals surface area (Å²) in [5, 5.41) is 6.57. The molecule has 58 heavy (non-hydrogen) atoms. The summed E-state index contributed by atoms with van der Waals surface area (Å²) in [6, 6.07) is 58.5. The van der Waals surface area contributed by atoms with Crippen molar-refractivity contribution in [1.82, 2.24) is 4.57 Å². The summed E-state index contributed by atoms with van der Waals surface area (Å²) in [6.45, 7) is 0. The summed E-state index contributed by atoms with van der Waals surface area (Å²) in [6.07, 6.45) is 14.4. The zero-order valence-corrected chi connectivity index (χ0v) is 32.5. The minimum atomic E-state index is -0.401. The van der Waals surface area contributed by atoms with Gasteiger partial charge in [-0.3, -0.25) is 0 Å². The van der Waals surface area contributed by atoms with Gasteiger partial charge in [-0.25, -0.2) is 0 Å². The second-order valence-corrected chi connectivity index (χ2v) is 17.3. The van der Waals surface area contributed by atoms with Crippen molar-refractivity contribution < 1.29 is 4.74 Å². The fraction of sp³-hybridized carbons (Fsp3) is 0.0909. The van der Waals surface area contributed by atoms with E-state index < -0.39 is 5.41 Å². The van der Waals surface area contributed by atoms with Crippen LogP contribution in [0, 0.1) is 5.92 Å². The number of thiophene rings is 1. The lowest BCUT2D eigenvalue weighted by Crippen LogP contribution is -2.42. The van der Waals surface area contributed by atoms with Crippen LogP contribution in [0.3, 0.4) is 0 Å². The number of hydrogen-bond acceptors (Lipinski definition) is 2. The minimum Gasteiger partial charge on any atom is -0.457 e. The summed E-state index contributed by atoms with van der Waals surface area (Å²) in [5.74, 6) is 2.23. The molecule has 3 heterocycles. The summed E-state index contributed by atoms with van der Waals surface area (Å²) in [4.78, 5) is 0. The number of ether oxygens (including phenoxy) is 1. The lowest BCUT2D eigenvalue weighted by Gasteiger charge is -2.43. The molecule has 13 rings (SSSR count). The highest BCUT2D eigenvalue weighted by atomic mass is 32.1. The van der Waals surface area contributed by atoms with E-state index in [1.807, 2.05) is 11.3 Å². The van der Waals surface area contributed by atoms with Gasteiger partial charge >= 0.3 is 0 Å². The fourth-order valence-corrected chi connectivity index (χ4v) is 12.2. The molecule has 2 nitrogen and oxygen atoms in total. The van der Waals surface area contributed by atoms with Crippen LogP contribution >= 0.6 is 11.3 Å². The first kappa shape index (κ1) is 32.4. The molecule has 7 aromatic carbocycles. The molecule has 0 bridgehead atoms. The average molecular weight is 760 g/mol. The standard InChI is InChI=1S/C55H37NOS/c1-2-16-37(17-3-1)56-49-29-28-35(34-14-12-15-36(30-34)38-20-13-21-41-40-19-5-11-27-53(40)58-54(38)41)31-43(49)44-32-42-39-18-4-6-22-45(39)55(48(42)33-50(44)56)46-23-7-9-25-51(46)57-52-26-10-8-24-47(52)55/h2,4-33,42,48H,1,3H2. The summed E-state index contributed by atoms with van der Waals surface area (Å²) >= 11 is 1.89. The van der Waals surface area contributed by atoms with Crippen LogP contribution in [0.4, 0.5) is 0 Å². The smallest absolute Gasteiger partial charge is 0.131 e. The molecule has 1 spiro atoms. The molecular formula is C55H37NOS. The monoisotopic (exact) mass is 759 g/mol. The van der Waals surface area contributed by atoms with E-state index in [-0.39, 0.29) is 11.8 Å². The topological polar surface area (TPSA) is 14.2 Å². The predicted molar refractivity (Wildman–Crippen MR) is 242 cm³/mol. The molecule has 3 heteroatoms. The second kappa shape index (κ2) is 12.2. The fourth-order valence-electron chi connectivity index (χ4n) is 11.0. The van der Waals surface area contributed by atoms with Crippen LogP contribution in [-0.4, -0.2) is 4.57 Å². The Morgan fingerprint density at radius 2 is 1.31 bits per heavy atom. The first-order valence-electron chi connectivity index (χ1n) is 20.5. The molecular weight excluding hydrogens is 723 g/mol. The molecule has 4 aliphatic rings. The summed E-state index contributed by atoms with van der Waals surface area (Å²) in [5.41, 5.74) is 12.4. The molecule has 274 valence electrons. The number of allylic oxidation sites excluding steroid dienone is 4. The second-order valence-electron chi connectivity index (χ2n) is 16.2. The first-order valence-corrected chi connectivity index (χ1v) is 21.3. The van der Waals surface area contributed by atoms with E-state index in [9.17, 15) is 0 Å². The average Bonchev–Trinajstić information content (AvgIpc) is 3.92. The molecule has 9 aromatic rings. The Kier molecular flexibility index (Phi) is 6.80. The quantitative estimate of drug-likeness (QED) is 0.175. The lowest BCUT2D eigenvalue weighted by atomic mass is 9.62. The largest absolute Gasteiger partial charge is 0.457 e. The summed E-state index contributed by atoms with van der Waals surface area (Å²) < 4.78 is 11.9. The van der Waals surface area contributed by atoms with Crippen molar-refractivity contribution >= 4 is 60.3 Å². The molecule has 1 aliphatic heterocycles. The van der Waals surface area contributed by atoms with Crippen LogP contribution in [0.2, 0.25) is 0 Å². The Hall–Kier alpha value is -6.68. The predicted octanol–water partition coefficient (Wildman–Crippen LogP) is 13.0. The molecule has 0 fully saturated rings. The Labute approximate surface area is 340 Å². The van der Waals surface area contributed by atoms with Gasteiger partial charge in [-0.2, -0.15) is 0 Å². The Balaban J connectivity index is 1.05. The van der Waals surface area contributed by atoms with Crippen LogP contribution in [0.15, 0.2) is 176 Å². The Morgan fingerprint density at radius 3 is 2.16 bits per heavy atom. The highest BCUT2D eigenvalue weighted by Crippen LogP contribution is 2.64. The summed E-state index contributed by atoms with van der Waals surface area (Å²) in [7, 11) is 0. The van der Waals surface area contributed by atoms with Crippen molar-refractivity contribution in [3.8, 4) is 33.8 Å². The molecule has 0 radical (unpaired) electrons. The molecule has 2 atom stereocenters. The number of para-hydroxylation sites is 2. The van der Waals surface area contributed by atoms with Gasteiger partial charge in [-0.05, 0) is 88.7 Å². The number of benzene rings is 7. The third-order valence-corrected chi connectivity index (χ3v) is 14.6. The zero-order valence-electron chi connectivity index (χ0n) is 31.7. The van der Waals surface area contributed by atoms with Crippen molar-refractivity contribution in [3.05, 3.63) is 209 Å². The Bertz CT molecular complexity index is 3360. The number of rotatable bonds is 3. The molecule has 3 aliphatic carbocycles. The number of hydrogen-bond donors (Lipinski definition) is 0. The Morgan fingerprint density at radius 1 is 0.586 bits per heavy atom. The third kappa shape index (κ3) is 4.37. The van der Waals surface area contributed by atoms with E-state index in [0.29, 0.717) is 0 Å². The molecule has 0 N–H and O–H groups in total. The van der Waals surface area contributed by atoms with Crippen LogP contribution in [0.5, 0.6) is 11.5 Å². The SMILES string of the molecule is C1=CC(n2c3c(c4cc(-c5cccc(-c6cccc7c6sc6ccccc67)c5)ccc42)=CC2c4ccccc4C4(c5ccccc5Oc5ccccc54)C2C=3)=CCC1. The molecule has 2 unspecified atom stereocenters. The van der Waals surface area contributed by atoms with Gasteiger partial charge in [0.05, 0.1) is 16.3 Å². The maximum absolute atomic E-state index is 6.67. The van der Waals surface area contributed by atoms with Crippen molar-refractivity contribution in [1.29, 1.82) is 0 Å². The van der Waals surface area contributed by atoms with E-state index in [1.165, 1.54) is 91.8 Å². The normalized spacial score (nSPS) is 18.1. The van der Waals surface area contributed by atoms with Crippen LogP contribution in [0.1, 0.15) is 41.0 Å². The molecule has 2 aromatic heterocycles. The highest BCUT2D eigenvalue weighted by Gasteiger charge is 2.57. The van der Waals surface area contributed by atoms with Gasteiger partial charge in [0.1, 0.15) is 11.5 Å². The van der Waals surface area contributed by atoms with Gasteiger partial charge in [0.25, 0.3) is 0 Å². The maximum Gasteiger partial charge on any atom is 0.131 e. The van der Waals surface area contributed by atoms with Crippen molar-refractivity contribution in [3.63, 3.8) is 0 Å². The van der Waals surface area contributed by atoms with Gasteiger partial charge in [-0.1, -0.05) is 146 Å². The van der Waals surface area contributed by atoms with E-state index in [4.69, 9.17) is 4.74 Å². The molecule has 0 saturated carbocycles. The van der Waals surface area contributed by atoms with Gasteiger partial charge in [0, 0.05) is 59.4 Å². The van der Waals surface area contributed by atoms with Crippen LogP contribution in [-0.2, 0) is 5.41 Å². The van der Waals surface area contributed by atoms with E-state index in [0.717, 1.165) is 24.3 Å². The van der Waals surface area contributed by atoms with E-state index in [1.54, 1.807) is 0 Å². The highest BCUT2D eigenvalue weighted by molar-refractivity contribution is 7.26. The molecule has 0 saturated heterocycles.